The predicted molar refractivity (Wildman–Crippen MR) is 361 cm³/mol. The summed E-state index contributed by atoms with van der Waals surface area (Å²) in [4.78, 5) is 33.4. The Balaban J connectivity index is 1.20. The van der Waals surface area contributed by atoms with E-state index in [1.165, 1.54) is 43.2 Å². The molecular weight excluding hydrogens is 1280 g/mol. The molecule has 23 nitrogen and oxygen atoms in total. The standard InChI is InChI=1S/C64H85ClN8O15S4/c1-45-23-29-50(91(82,83)84)43-53(45)63(3,4)57(69-36-16-18-40-89(76,77)78)20-10-7-11-21-58-64(5,54-44-51(92(85,86)87)30-32-56(54)72(58)39-17-19-41-90(79,80)81)35-13-8-12-22-60(74)70-37-14-9-15-38-71-61(75)34-33-59(67)73(46(2)66)55-31-28-49(88-6)42-52(55)62(68)47-24-26-48(65)27-25-47/h7,10-11,20-21,23-32,42-44,66-68H,8-9,12-19,22,33-41H2,1-6H3,(H,70,74)(H,71,75)(H,76,77,78)(H,79,80,81)(H,82,83,84)(H,85,86,87)/b11-7+,20-10+,58-21-,66-46?,67-59?,68-62?,69-57?. The number of unbranched alkanes of at least 4 members (excludes halogenated alkanes) is 6. The molecule has 1 aliphatic heterocycles. The van der Waals surface area contributed by atoms with E-state index < -0.39 is 62.8 Å². The van der Waals surface area contributed by atoms with Crippen LogP contribution in [0.3, 0.4) is 0 Å². The summed E-state index contributed by atoms with van der Waals surface area (Å²) in [6.45, 7) is 10.1. The van der Waals surface area contributed by atoms with Crippen molar-refractivity contribution in [2.75, 3.05) is 54.6 Å². The smallest absolute Gasteiger partial charge is 0.294 e. The van der Waals surface area contributed by atoms with E-state index in [1.54, 1.807) is 85.8 Å². The first kappa shape index (κ1) is 75.8. The number of rotatable bonds is 36. The molecule has 92 heavy (non-hydrogen) atoms. The normalized spacial score (nSPS) is 15.3. The second-order valence-electron chi connectivity index (χ2n) is 23.2. The lowest BCUT2D eigenvalue weighted by atomic mass is 9.77. The number of anilines is 2. The molecule has 1 heterocycles. The summed E-state index contributed by atoms with van der Waals surface area (Å²) in [7, 11) is -16.2. The highest BCUT2D eigenvalue weighted by atomic mass is 35.5. The third-order valence-corrected chi connectivity index (χ3v) is 19.4. The van der Waals surface area contributed by atoms with Gasteiger partial charge in [-0.25, -0.2) is 0 Å². The topological polar surface area (TPSA) is 375 Å². The first-order valence-electron chi connectivity index (χ1n) is 30.1. The number of hydrogen-bond donors (Lipinski definition) is 9. The molecule has 0 aliphatic carbocycles. The quantitative estimate of drug-likeness (QED) is 0.00671. The third-order valence-electron chi connectivity index (χ3n) is 15.8. The van der Waals surface area contributed by atoms with E-state index in [4.69, 9.17) is 37.6 Å². The molecule has 28 heteroatoms. The Bertz CT molecular complexity index is 3930. The second kappa shape index (κ2) is 33.8. The number of nitrogens with zero attached hydrogens (tertiary/aromatic N) is 3. The summed E-state index contributed by atoms with van der Waals surface area (Å²) >= 11 is 6.09. The predicted octanol–water partition coefficient (Wildman–Crippen LogP) is 11.0. The van der Waals surface area contributed by atoms with E-state index >= 15 is 0 Å². The van der Waals surface area contributed by atoms with E-state index in [0.717, 1.165) is 0 Å². The molecule has 1 aliphatic rings. The fourth-order valence-electron chi connectivity index (χ4n) is 10.9. The Labute approximate surface area is 546 Å². The summed E-state index contributed by atoms with van der Waals surface area (Å²) in [5.41, 5.74) is 3.28. The van der Waals surface area contributed by atoms with Gasteiger partial charge in [0.25, 0.3) is 40.5 Å². The van der Waals surface area contributed by atoms with Crippen LogP contribution in [-0.2, 0) is 60.9 Å². The summed E-state index contributed by atoms with van der Waals surface area (Å²) in [6.07, 6.45) is 13.9. The molecule has 0 aromatic heterocycles. The van der Waals surface area contributed by atoms with Crippen molar-refractivity contribution in [3.63, 3.8) is 0 Å². The number of hydrogen-bond acceptors (Lipinski definition) is 16. The first-order chi connectivity index (χ1) is 43.1. The maximum absolute atomic E-state index is 13.0. The molecule has 0 fully saturated rings. The number of fused-ring (bicyclic) bond motifs is 1. The number of aliphatic imine (C=N–C) groups is 1. The molecule has 4 aromatic rings. The molecular formula is C64H85ClN8O15S4. The molecule has 0 saturated heterocycles. The Morgan fingerprint density at radius 2 is 1.30 bits per heavy atom. The van der Waals surface area contributed by atoms with Crippen molar-refractivity contribution in [2.45, 2.75) is 145 Å². The zero-order valence-electron chi connectivity index (χ0n) is 52.7. The molecule has 0 radical (unpaired) electrons. The number of amidine groups is 2. The molecule has 1 atom stereocenters. The van der Waals surface area contributed by atoms with Crippen LogP contribution in [0.4, 0.5) is 11.4 Å². The van der Waals surface area contributed by atoms with Gasteiger partial charge in [-0.1, -0.05) is 74.7 Å². The van der Waals surface area contributed by atoms with Gasteiger partial charge in [0.15, 0.2) is 0 Å². The average molecular weight is 1370 g/mol. The Kier molecular flexibility index (Phi) is 27.8. The molecule has 1 unspecified atom stereocenters. The minimum absolute atomic E-state index is 0.00149. The number of halogens is 1. The van der Waals surface area contributed by atoms with E-state index in [2.05, 4.69) is 10.6 Å². The Hall–Kier alpha value is -6.95. The number of benzene rings is 4. The summed E-state index contributed by atoms with van der Waals surface area (Å²) in [6, 6.07) is 20.3. The van der Waals surface area contributed by atoms with Crippen molar-refractivity contribution < 1.29 is 66.2 Å². The molecule has 0 spiro atoms. The Morgan fingerprint density at radius 1 is 0.707 bits per heavy atom. The fourth-order valence-corrected chi connectivity index (χ4v) is 13.2. The van der Waals surface area contributed by atoms with E-state index in [1.807, 2.05) is 31.7 Å². The van der Waals surface area contributed by atoms with E-state index in [-0.39, 0.29) is 84.2 Å². The summed E-state index contributed by atoms with van der Waals surface area (Å²) in [5.74, 6) is -0.832. The number of methoxy groups -OCH3 is 1. The lowest BCUT2D eigenvalue weighted by Crippen LogP contribution is -2.36. The van der Waals surface area contributed by atoms with Gasteiger partial charge in [-0.3, -0.25) is 53.9 Å². The highest BCUT2D eigenvalue weighted by molar-refractivity contribution is 7.86. The molecule has 0 saturated carbocycles. The van der Waals surface area contributed by atoms with Gasteiger partial charge < -0.3 is 20.3 Å². The number of allylic oxidation sites excluding steroid dienone is 6. The van der Waals surface area contributed by atoms with Crippen LogP contribution in [0, 0.1) is 23.2 Å². The number of nitrogens with one attached hydrogen (secondary N) is 5. The van der Waals surface area contributed by atoms with Crippen molar-refractivity contribution in [3.8, 4) is 5.75 Å². The number of amides is 2. The SMILES string of the molecule is COc1ccc(N(C(C)=N)C(=N)CCC(=O)NCCCCCNC(=O)CCCCCC2(C)/C(=C/C=C/C=C/C(=NCCCCS(=O)(=O)O)C(C)(C)c3cc(S(=O)(=O)O)ccc3C)N(CCCCS(=O)(=O)O)c3ccc(S(=O)(=O)O)cc32)c(C(=N)c2ccc(Cl)cc2)c1. The minimum Gasteiger partial charge on any atom is -0.497 e. The average Bonchev–Trinajstić information content (AvgIpc) is 1.57. The van der Waals surface area contributed by atoms with Crippen LogP contribution in [0.1, 0.15) is 145 Å². The third kappa shape index (κ3) is 22.7. The van der Waals surface area contributed by atoms with E-state index in [9.17, 15) is 61.5 Å². The number of carbonyl (C=O) groups excluding carboxylic acids is 2. The van der Waals surface area contributed by atoms with Crippen LogP contribution in [0.25, 0.3) is 0 Å². The van der Waals surface area contributed by atoms with Gasteiger partial charge in [-0.15, -0.1) is 0 Å². The van der Waals surface area contributed by atoms with Crippen molar-refractivity contribution in [1.29, 1.82) is 16.2 Å². The lowest BCUT2D eigenvalue weighted by Gasteiger charge is -2.30. The van der Waals surface area contributed by atoms with Crippen molar-refractivity contribution >= 4 is 98.4 Å². The van der Waals surface area contributed by atoms with Crippen LogP contribution >= 0.6 is 11.6 Å². The zero-order chi connectivity index (χ0) is 68.2. The van der Waals surface area contributed by atoms with Gasteiger partial charge >= 0.3 is 0 Å². The number of carbonyl (C=O) groups is 2. The van der Waals surface area contributed by atoms with Crippen molar-refractivity contribution in [2.24, 2.45) is 4.99 Å². The van der Waals surface area contributed by atoms with Gasteiger partial charge in [0.2, 0.25) is 11.8 Å². The van der Waals surface area contributed by atoms with Crippen LogP contribution in [0.5, 0.6) is 5.75 Å². The van der Waals surface area contributed by atoms with Crippen LogP contribution in [0.2, 0.25) is 5.02 Å². The summed E-state index contributed by atoms with van der Waals surface area (Å²) in [5, 5.41) is 32.8. The van der Waals surface area contributed by atoms with E-state index in [0.29, 0.717) is 132 Å². The maximum atomic E-state index is 13.0. The maximum Gasteiger partial charge on any atom is 0.294 e. The van der Waals surface area contributed by atoms with Gasteiger partial charge in [0.05, 0.1) is 39.8 Å². The molecule has 4 aromatic carbocycles. The molecule has 502 valence electrons. The minimum atomic E-state index is -4.66. The van der Waals surface area contributed by atoms with Crippen LogP contribution in [0.15, 0.2) is 130 Å². The first-order valence-corrected chi connectivity index (χ1v) is 36.5. The fraction of sp³-hybridized carbons (Fsp3) is 0.438. The highest BCUT2D eigenvalue weighted by Gasteiger charge is 2.43. The van der Waals surface area contributed by atoms with Crippen LogP contribution < -0.4 is 25.2 Å². The van der Waals surface area contributed by atoms with Crippen molar-refractivity contribution in [3.05, 3.63) is 148 Å². The van der Waals surface area contributed by atoms with Gasteiger partial charge in [-0.05, 0) is 168 Å². The molecule has 2 amide bonds. The van der Waals surface area contributed by atoms with Crippen molar-refractivity contribution in [1.82, 2.24) is 10.6 Å². The van der Waals surface area contributed by atoms with Gasteiger partial charge in [-0.2, -0.15) is 33.7 Å². The lowest BCUT2D eigenvalue weighted by molar-refractivity contribution is -0.121. The number of aryl methyl sites for hydroxylation is 1. The van der Waals surface area contributed by atoms with Crippen LogP contribution in [-0.4, -0.2) is 132 Å². The molecule has 9 N–H and O–H groups in total. The second-order valence-corrected chi connectivity index (χ2v) is 29.6. The molecule has 5 rings (SSSR count). The molecule has 0 bridgehead atoms. The monoisotopic (exact) mass is 1370 g/mol. The number of ether oxygens (including phenoxy) is 1. The Morgan fingerprint density at radius 3 is 1.91 bits per heavy atom. The largest absolute Gasteiger partial charge is 0.497 e. The highest BCUT2D eigenvalue weighted by Crippen LogP contribution is 2.51. The van der Waals surface area contributed by atoms with Gasteiger partial charge in [0, 0.05) is 89.5 Å². The summed E-state index contributed by atoms with van der Waals surface area (Å²) < 4.78 is 140. The van der Waals surface area contributed by atoms with Gasteiger partial charge in [0.1, 0.15) is 17.4 Å². The zero-order valence-corrected chi connectivity index (χ0v) is 56.7.